The smallest absolute Gasteiger partial charge is 0.419 e. The predicted octanol–water partition coefficient (Wildman–Crippen LogP) is 5.65. The first-order valence-electron chi connectivity index (χ1n) is 8.61. The van der Waals surface area contributed by atoms with Gasteiger partial charge in [-0.15, -0.1) is 0 Å². The third-order valence-corrected chi connectivity index (χ3v) is 4.00. The molecule has 0 aliphatic heterocycles. The second-order valence-electron chi connectivity index (χ2n) is 6.01. The van der Waals surface area contributed by atoms with Crippen LogP contribution in [0.5, 0.6) is 11.5 Å². The van der Waals surface area contributed by atoms with Gasteiger partial charge in [0.1, 0.15) is 11.5 Å². The van der Waals surface area contributed by atoms with Crippen LogP contribution in [0, 0.1) is 0 Å². The molecule has 0 saturated carbocycles. The monoisotopic (exact) mass is 402 g/mol. The molecule has 0 N–H and O–H groups in total. The summed E-state index contributed by atoms with van der Waals surface area (Å²) >= 11 is 0. The molecule has 1 atom stereocenters. The van der Waals surface area contributed by atoms with Crippen LogP contribution in [0.15, 0.2) is 78.9 Å². The lowest BCUT2D eigenvalue weighted by Gasteiger charge is -2.21. The standard InChI is InChI=1S/C22H17F3O4/c1-27-21(15-8-4-2-5-9-15)29-19-14-16(12-13-18(19)22(23,24)25)20(26)28-17-10-6-3-7-11-17/h2-14,21H,1H3. The summed E-state index contributed by atoms with van der Waals surface area (Å²) in [5, 5.41) is 0. The molecule has 29 heavy (non-hydrogen) atoms. The van der Waals surface area contributed by atoms with Gasteiger partial charge in [0.2, 0.25) is 6.29 Å². The lowest BCUT2D eigenvalue weighted by molar-refractivity contribution is -0.141. The Morgan fingerprint density at radius 3 is 2.10 bits per heavy atom. The average molecular weight is 402 g/mol. The first-order valence-corrected chi connectivity index (χ1v) is 8.61. The first-order chi connectivity index (χ1) is 13.9. The average Bonchev–Trinajstić information content (AvgIpc) is 2.72. The highest BCUT2D eigenvalue weighted by atomic mass is 19.4. The maximum atomic E-state index is 13.4. The zero-order valence-corrected chi connectivity index (χ0v) is 15.3. The molecule has 3 aromatic rings. The lowest BCUT2D eigenvalue weighted by Crippen LogP contribution is -2.16. The number of carbonyl (C=O) groups excluding carboxylic acids is 1. The van der Waals surface area contributed by atoms with Crippen LogP contribution in [0.25, 0.3) is 0 Å². The van der Waals surface area contributed by atoms with Crippen molar-refractivity contribution in [3.05, 3.63) is 95.6 Å². The normalized spacial score (nSPS) is 12.3. The molecule has 0 amide bonds. The van der Waals surface area contributed by atoms with Gasteiger partial charge in [0.25, 0.3) is 0 Å². The van der Waals surface area contributed by atoms with E-state index < -0.39 is 29.7 Å². The Labute approximate surface area is 165 Å². The fourth-order valence-electron chi connectivity index (χ4n) is 2.61. The second kappa shape index (κ2) is 8.79. The van der Waals surface area contributed by atoms with Crippen molar-refractivity contribution < 1.29 is 32.2 Å². The zero-order chi connectivity index (χ0) is 20.9. The minimum absolute atomic E-state index is 0.0835. The number of hydrogen-bond donors (Lipinski definition) is 0. The van der Waals surface area contributed by atoms with E-state index in [1.54, 1.807) is 60.7 Å². The van der Waals surface area contributed by atoms with Crippen LogP contribution in [0.3, 0.4) is 0 Å². The third-order valence-electron chi connectivity index (χ3n) is 4.00. The van der Waals surface area contributed by atoms with Gasteiger partial charge >= 0.3 is 12.1 Å². The van der Waals surface area contributed by atoms with Gasteiger partial charge < -0.3 is 14.2 Å². The molecule has 0 aromatic heterocycles. The molecule has 0 radical (unpaired) electrons. The highest BCUT2D eigenvalue weighted by molar-refractivity contribution is 5.91. The van der Waals surface area contributed by atoms with Crippen molar-refractivity contribution in [3.8, 4) is 11.5 Å². The summed E-state index contributed by atoms with van der Waals surface area (Å²) in [5.41, 5.74) is -0.577. The number of ether oxygens (including phenoxy) is 3. The van der Waals surface area contributed by atoms with E-state index in [1.165, 1.54) is 7.11 Å². The van der Waals surface area contributed by atoms with Crippen LogP contribution >= 0.6 is 0 Å². The van der Waals surface area contributed by atoms with Crippen molar-refractivity contribution in [2.75, 3.05) is 7.11 Å². The number of hydrogen-bond acceptors (Lipinski definition) is 4. The SMILES string of the molecule is COC(Oc1cc(C(=O)Oc2ccccc2)ccc1C(F)(F)F)c1ccccc1. The maximum Gasteiger partial charge on any atom is 0.419 e. The van der Waals surface area contributed by atoms with Crippen molar-refractivity contribution in [1.82, 2.24) is 0 Å². The molecule has 4 nitrogen and oxygen atoms in total. The summed E-state index contributed by atoms with van der Waals surface area (Å²) in [7, 11) is 1.32. The molecule has 0 aliphatic rings. The van der Waals surface area contributed by atoms with Gasteiger partial charge in [-0.3, -0.25) is 0 Å². The molecule has 150 valence electrons. The van der Waals surface area contributed by atoms with Gasteiger partial charge in [0.15, 0.2) is 0 Å². The van der Waals surface area contributed by atoms with E-state index in [2.05, 4.69) is 0 Å². The van der Waals surface area contributed by atoms with Crippen LogP contribution in [-0.4, -0.2) is 13.1 Å². The lowest BCUT2D eigenvalue weighted by atomic mass is 10.1. The number of rotatable bonds is 6. The van der Waals surface area contributed by atoms with Gasteiger partial charge in [-0.25, -0.2) is 4.79 Å². The Balaban J connectivity index is 1.92. The molecule has 3 aromatic carbocycles. The molecule has 7 heteroatoms. The number of halogens is 3. The quantitative estimate of drug-likeness (QED) is 0.304. The zero-order valence-electron chi connectivity index (χ0n) is 15.3. The molecule has 0 bridgehead atoms. The number of para-hydroxylation sites is 1. The summed E-state index contributed by atoms with van der Waals surface area (Å²) < 4.78 is 56.2. The Kier molecular flexibility index (Phi) is 6.19. The molecule has 3 rings (SSSR count). The van der Waals surface area contributed by atoms with E-state index in [0.29, 0.717) is 5.56 Å². The van der Waals surface area contributed by atoms with Crippen LogP contribution in [0.1, 0.15) is 27.8 Å². The minimum atomic E-state index is -4.67. The molecular weight excluding hydrogens is 385 g/mol. The van der Waals surface area contributed by atoms with Gasteiger partial charge in [-0.05, 0) is 30.3 Å². The van der Waals surface area contributed by atoms with Gasteiger partial charge in [-0.1, -0.05) is 48.5 Å². The van der Waals surface area contributed by atoms with Crippen molar-refractivity contribution in [2.45, 2.75) is 12.5 Å². The Bertz CT molecular complexity index is 957. The fourth-order valence-corrected chi connectivity index (χ4v) is 2.61. The van der Waals surface area contributed by atoms with Crippen molar-refractivity contribution in [1.29, 1.82) is 0 Å². The number of benzene rings is 3. The first kappa shape index (κ1) is 20.4. The summed E-state index contributed by atoms with van der Waals surface area (Å²) in [6.07, 6.45) is -5.76. The number of methoxy groups -OCH3 is 1. The molecule has 1 unspecified atom stereocenters. The summed E-state index contributed by atoms with van der Waals surface area (Å²) in [5.74, 6) is -1.06. The van der Waals surface area contributed by atoms with Gasteiger partial charge in [0, 0.05) is 12.7 Å². The Morgan fingerprint density at radius 2 is 1.52 bits per heavy atom. The Morgan fingerprint density at radius 1 is 0.897 bits per heavy atom. The fraction of sp³-hybridized carbons (Fsp3) is 0.136. The second-order valence-corrected chi connectivity index (χ2v) is 6.01. The van der Waals surface area contributed by atoms with E-state index in [9.17, 15) is 18.0 Å². The number of alkyl halides is 3. The molecule has 0 saturated heterocycles. The van der Waals surface area contributed by atoms with E-state index in [-0.39, 0.29) is 11.3 Å². The van der Waals surface area contributed by atoms with Crippen LogP contribution in [0.4, 0.5) is 13.2 Å². The van der Waals surface area contributed by atoms with E-state index in [4.69, 9.17) is 14.2 Å². The van der Waals surface area contributed by atoms with E-state index in [1.807, 2.05) is 0 Å². The molecule has 0 aliphatic carbocycles. The molecular formula is C22H17F3O4. The molecule has 0 heterocycles. The predicted molar refractivity (Wildman–Crippen MR) is 99.7 cm³/mol. The van der Waals surface area contributed by atoms with Gasteiger partial charge in [-0.2, -0.15) is 13.2 Å². The molecule has 0 spiro atoms. The van der Waals surface area contributed by atoms with Crippen molar-refractivity contribution in [2.24, 2.45) is 0 Å². The minimum Gasteiger partial charge on any atom is -0.460 e. The highest BCUT2D eigenvalue weighted by Gasteiger charge is 2.35. The largest absolute Gasteiger partial charge is 0.460 e. The topological polar surface area (TPSA) is 44.8 Å². The van der Waals surface area contributed by atoms with Crippen LogP contribution in [-0.2, 0) is 10.9 Å². The van der Waals surface area contributed by atoms with Crippen molar-refractivity contribution in [3.63, 3.8) is 0 Å². The summed E-state index contributed by atoms with van der Waals surface area (Å²) in [4.78, 5) is 12.4. The van der Waals surface area contributed by atoms with Crippen LogP contribution in [0.2, 0.25) is 0 Å². The van der Waals surface area contributed by atoms with Crippen LogP contribution < -0.4 is 9.47 Å². The number of esters is 1. The third kappa shape index (κ3) is 5.14. The highest BCUT2D eigenvalue weighted by Crippen LogP contribution is 2.38. The maximum absolute atomic E-state index is 13.4. The van der Waals surface area contributed by atoms with E-state index in [0.717, 1.165) is 18.2 Å². The van der Waals surface area contributed by atoms with Gasteiger partial charge in [0.05, 0.1) is 11.1 Å². The summed E-state index contributed by atoms with van der Waals surface area (Å²) in [6.45, 7) is 0. The van der Waals surface area contributed by atoms with Crippen molar-refractivity contribution >= 4 is 5.97 Å². The number of carbonyl (C=O) groups is 1. The van der Waals surface area contributed by atoms with E-state index >= 15 is 0 Å². The Hall–Kier alpha value is -3.32. The molecule has 0 fully saturated rings. The summed E-state index contributed by atoms with van der Waals surface area (Å²) in [6, 6.07) is 19.6.